The third kappa shape index (κ3) is 3.48. The van der Waals surface area contributed by atoms with Crippen LogP contribution in [0.2, 0.25) is 5.02 Å². The summed E-state index contributed by atoms with van der Waals surface area (Å²) in [6.45, 7) is 2.50. The lowest BCUT2D eigenvalue weighted by atomic mass is 10.0. The third-order valence-electron chi connectivity index (χ3n) is 4.72. The molecule has 0 radical (unpaired) electrons. The third-order valence-corrected chi connectivity index (χ3v) is 5.02. The minimum absolute atomic E-state index is 0.0197. The number of aromatic nitrogens is 1. The SMILES string of the molecule is CN1CCC(N2CCC(NC(=O)c3ccncc3Cl)CC2)C1=O. The molecule has 2 amide bonds. The van der Waals surface area contributed by atoms with Crippen LogP contribution in [-0.2, 0) is 4.79 Å². The molecule has 1 aromatic rings. The van der Waals surface area contributed by atoms with Gasteiger partial charge in [0.2, 0.25) is 5.91 Å². The van der Waals surface area contributed by atoms with Crippen molar-refractivity contribution in [3.63, 3.8) is 0 Å². The Balaban J connectivity index is 1.53. The maximum atomic E-state index is 12.3. The van der Waals surface area contributed by atoms with Crippen molar-refractivity contribution in [2.24, 2.45) is 0 Å². The molecule has 3 heterocycles. The highest BCUT2D eigenvalue weighted by Crippen LogP contribution is 2.21. The predicted molar refractivity (Wildman–Crippen MR) is 87.4 cm³/mol. The highest BCUT2D eigenvalue weighted by Gasteiger charge is 2.35. The van der Waals surface area contributed by atoms with Gasteiger partial charge in [-0.25, -0.2) is 0 Å². The second-order valence-corrected chi connectivity index (χ2v) is 6.61. The molecule has 1 aromatic heterocycles. The highest BCUT2D eigenvalue weighted by atomic mass is 35.5. The number of pyridine rings is 1. The standard InChI is InChI=1S/C16H21ClN4O2/c1-20-7-5-14(16(20)23)21-8-3-11(4-9-21)19-15(22)12-2-6-18-10-13(12)17/h2,6,10-11,14H,3-5,7-9H2,1H3,(H,19,22). The summed E-state index contributed by atoms with van der Waals surface area (Å²) in [6, 6.07) is 1.77. The molecule has 2 aliphatic heterocycles. The molecule has 0 spiro atoms. The van der Waals surface area contributed by atoms with Crippen molar-refractivity contribution in [2.75, 3.05) is 26.7 Å². The fraction of sp³-hybridized carbons (Fsp3) is 0.562. The van der Waals surface area contributed by atoms with E-state index in [9.17, 15) is 9.59 Å². The fourth-order valence-electron chi connectivity index (χ4n) is 3.32. The Labute approximate surface area is 140 Å². The van der Waals surface area contributed by atoms with Crippen molar-refractivity contribution >= 4 is 23.4 Å². The van der Waals surface area contributed by atoms with Gasteiger partial charge in [-0.2, -0.15) is 0 Å². The van der Waals surface area contributed by atoms with Gasteiger partial charge in [-0.3, -0.25) is 19.5 Å². The molecule has 0 aliphatic carbocycles. The zero-order chi connectivity index (χ0) is 16.4. The Kier molecular flexibility index (Phi) is 4.82. The van der Waals surface area contributed by atoms with Gasteiger partial charge in [-0.15, -0.1) is 0 Å². The molecule has 1 unspecified atom stereocenters. The minimum atomic E-state index is -0.160. The molecular formula is C16H21ClN4O2. The molecule has 0 saturated carbocycles. The molecule has 124 valence electrons. The monoisotopic (exact) mass is 336 g/mol. The van der Waals surface area contributed by atoms with Crippen molar-refractivity contribution in [3.8, 4) is 0 Å². The molecule has 2 fully saturated rings. The van der Waals surface area contributed by atoms with Gasteiger partial charge in [0, 0.05) is 45.1 Å². The number of piperidine rings is 1. The Morgan fingerprint density at radius 3 is 2.65 bits per heavy atom. The van der Waals surface area contributed by atoms with Crippen LogP contribution >= 0.6 is 11.6 Å². The number of nitrogens with one attached hydrogen (secondary N) is 1. The van der Waals surface area contributed by atoms with Gasteiger partial charge >= 0.3 is 0 Å². The van der Waals surface area contributed by atoms with E-state index in [2.05, 4.69) is 15.2 Å². The number of likely N-dealkylation sites (tertiary alicyclic amines) is 2. The first-order valence-corrected chi connectivity index (χ1v) is 8.33. The van der Waals surface area contributed by atoms with Gasteiger partial charge < -0.3 is 10.2 Å². The zero-order valence-electron chi connectivity index (χ0n) is 13.2. The summed E-state index contributed by atoms with van der Waals surface area (Å²) in [4.78, 5) is 32.3. The van der Waals surface area contributed by atoms with Crippen molar-refractivity contribution in [1.29, 1.82) is 0 Å². The number of hydrogen-bond donors (Lipinski definition) is 1. The normalized spacial score (nSPS) is 23.3. The number of hydrogen-bond acceptors (Lipinski definition) is 4. The molecule has 1 N–H and O–H groups in total. The number of halogens is 1. The van der Waals surface area contributed by atoms with Crippen LogP contribution < -0.4 is 5.32 Å². The summed E-state index contributed by atoms with van der Waals surface area (Å²) >= 11 is 6.00. The molecule has 1 atom stereocenters. The van der Waals surface area contributed by atoms with E-state index in [1.165, 1.54) is 6.20 Å². The molecule has 0 aromatic carbocycles. The smallest absolute Gasteiger partial charge is 0.253 e. The molecule has 0 bridgehead atoms. The van der Waals surface area contributed by atoms with Crippen molar-refractivity contribution in [1.82, 2.24) is 20.1 Å². The molecule has 7 heteroatoms. The van der Waals surface area contributed by atoms with Crippen molar-refractivity contribution in [2.45, 2.75) is 31.3 Å². The Hall–Kier alpha value is -1.66. The Morgan fingerprint density at radius 2 is 2.04 bits per heavy atom. The Bertz CT molecular complexity index is 601. The lowest BCUT2D eigenvalue weighted by Crippen LogP contribution is -2.50. The lowest BCUT2D eigenvalue weighted by Gasteiger charge is -2.35. The number of likely N-dealkylation sites (N-methyl/N-ethyl adjacent to an activating group) is 1. The molecule has 2 aliphatic rings. The number of amides is 2. The summed E-state index contributed by atoms with van der Waals surface area (Å²) in [5.41, 5.74) is 0.455. The van der Waals surface area contributed by atoms with Crippen LogP contribution in [0.5, 0.6) is 0 Å². The predicted octanol–water partition coefficient (Wildman–Crippen LogP) is 1.16. The second kappa shape index (κ2) is 6.84. The Morgan fingerprint density at radius 1 is 1.30 bits per heavy atom. The second-order valence-electron chi connectivity index (χ2n) is 6.20. The van der Waals surface area contributed by atoms with E-state index in [-0.39, 0.29) is 23.9 Å². The van der Waals surface area contributed by atoms with Crippen molar-refractivity contribution < 1.29 is 9.59 Å². The highest BCUT2D eigenvalue weighted by molar-refractivity contribution is 6.33. The first-order chi connectivity index (χ1) is 11.1. The molecular weight excluding hydrogens is 316 g/mol. The quantitative estimate of drug-likeness (QED) is 0.899. The molecule has 23 heavy (non-hydrogen) atoms. The number of carbonyl (C=O) groups is 2. The maximum Gasteiger partial charge on any atom is 0.253 e. The van der Waals surface area contributed by atoms with E-state index in [1.807, 2.05) is 7.05 Å². The zero-order valence-corrected chi connectivity index (χ0v) is 13.9. The van der Waals surface area contributed by atoms with Crippen LogP contribution in [-0.4, -0.2) is 65.4 Å². The van der Waals surface area contributed by atoms with Gasteiger partial charge in [0.05, 0.1) is 16.6 Å². The lowest BCUT2D eigenvalue weighted by molar-refractivity contribution is -0.131. The van der Waals surface area contributed by atoms with E-state index in [1.54, 1.807) is 17.2 Å². The fourth-order valence-corrected chi connectivity index (χ4v) is 3.53. The first kappa shape index (κ1) is 16.2. The van der Waals surface area contributed by atoms with Crippen LogP contribution in [0.1, 0.15) is 29.6 Å². The van der Waals surface area contributed by atoms with Gasteiger partial charge in [0.1, 0.15) is 0 Å². The number of nitrogens with zero attached hydrogens (tertiary/aromatic N) is 3. The largest absolute Gasteiger partial charge is 0.349 e. The first-order valence-electron chi connectivity index (χ1n) is 7.95. The summed E-state index contributed by atoms with van der Waals surface area (Å²) < 4.78 is 0. The topological polar surface area (TPSA) is 65.5 Å². The summed E-state index contributed by atoms with van der Waals surface area (Å²) in [5.74, 6) is 0.0589. The molecule has 6 nitrogen and oxygen atoms in total. The molecule has 2 saturated heterocycles. The van der Waals surface area contributed by atoms with E-state index < -0.39 is 0 Å². The van der Waals surface area contributed by atoms with E-state index in [0.717, 1.165) is 38.9 Å². The van der Waals surface area contributed by atoms with Gasteiger partial charge in [-0.05, 0) is 25.3 Å². The van der Waals surface area contributed by atoms with Crippen LogP contribution in [0.25, 0.3) is 0 Å². The van der Waals surface area contributed by atoms with Gasteiger partial charge in [-0.1, -0.05) is 11.6 Å². The maximum absolute atomic E-state index is 12.3. The molecule has 3 rings (SSSR count). The van der Waals surface area contributed by atoms with Crippen LogP contribution in [0.15, 0.2) is 18.5 Å². The van der Waals surface area contributed by atoms with Crippen LogP contribution in [0.4, 0.5) is 0 Å². The summed E-state index contributed by atoms with van der Waals surface area (Å²) in [6.07, 6.45) is 5.63. The van der Waals surface area contributed by atoms with Crippen LogP contribution in [0.3, 0.4) is 0 Å². The minimum Gasteiger partial charge on any atom is -0.349 e. The van der Waals surface area contributed by atoms with E-state index >= 15 is 0 Å². The number of carbonyl (C=O) groups excluding carboxylic acids is 2. The van der Waals surface area contributed by atoms with E-state index in [4.69, 9.17) is 11.6 Å². The average molecular weight is 337 g/mol. The number of rotatable bonds is 3. The van der Waals surface area contributed by atoms with Gasteiger partial charge in [0.15, 0.2) is 0 Å². The summed E-state index contributed by atoms with van der Waals surface area (Å²) in [7, 11) is 1.85. The van der Waals surface area contributed by atoms with Gasteiger partial charge in [0.25, 0.3) is 5.91 Å². The van der Waals surface area contributed by atoms with Crippen molar-refractivity contribution in [3.05, 3.63) is 29.0 Å². The van der Waals surface area contributed by atoms with E-state index in [0.29, 0.717) is 10.6 Å². The summed E-state index contributed by atoms with van der Waals surface area (Å²) in [5, 5.41) is 3.40. The average Bonchev–Trinajstić information content (AvgIpc) is 2.88. The van der Waals surface area contributed by atoms with Crippen LogP contribution in [0, 0.1) is 0 Å².